The minimum Gasteiger partial charge on any atom is -0.292 e. The number of hydrogen-bond donors (Lipinski definition) is 0. The van der Waals surface area contributed by atoms with Gasteiger partial charge in [0.15, 0.2) is 5.78 Å². The van der Waals surface area contributed by atoms with Crippen molar-refractivity contribution in [2.75, 3.05) is 0 Å². The fraction of sp³-hybridized carbons (Fsp3) is 0.600. The van der Waals surface area contributed by atoms with Crippen LogP contribution in [0.2, 0.25) is 0 Å². The number of halogens is 1. The first-order valence-corrected chi connectivity index (χ1v) is 5.71. The Labute approximate surface area is 91.6 Å². The molecule has 1 aliphatic rings. The van der Waals surface area contributed by atoms with Crippen LogP contribution in [0.3, 0.4) is 0 Å². The van der Waals surface area contributed by atoms with Gasteiger partial charge in [0.1, 0.15) is 5.69 Å². The lowest BCUT2D eigenvalue weighted by atomic mass is 10.0. The van der Waals surface area contributed by atoms with Gasteiger partial charge >= 0.3 is 0 Å². The molecular formula is C10H13BrN2O. The molecule has 1 aliphatic carbocycles. The van der Waals surface area contributed by atoms with Crippen LogP contribution in [0.4, 0.5) is 0 Å². The summed E-state index contributed by atoms with van der Waals surface area (Å²) in [6.45, 7) is 0. The molecule has 0 bridgehead atoms. The highest BCUT2D eigenvalue weighted by Crippen LogP contribution is 2.30. The van der Waals surface area contributed by atoms with E-state index in [1.54, 1.807) is 10.9 Å². The van der Waals surface area contributed by atoms with Crippen LogP contribution in [0, 0.1) is 5.92 Å². The van der Waals surface area contributed by atoms with Crippen LogP contribution in [0.5, 0.6) is 0 Å². The molecule has 0 aromatic carbocycles. The molecule has 0 N–H and O–H groups in total. The predicted molar refractivity (Wildman–Crippen MR) is 57.2 cm³/mol. The average molecular weight is 257 g/mol. The van der Waals surface area contributed by atoms with Gasteiger partial charge in [0.2, 0.25) is 0 Å². The largest absolute Gasteiger partial charge is 0.292 e. The Morgan fingerprint density at radius 1 is 1.57 bits per heavy atom. The van der Waals surface area contributed by atoms with Crippen LogP contribution in [-0.4, -0.2) is 15.6 Å². The molecule has 0 unspecified atom stereocenters. The zero-order chi connectivity index (χ0) is 10.1. The maximum atomic E-state index is 12.1. The fourth-order valence-corrected chi connectivity index (χ4v) is 2.61. The normalized spacial score (nSPS) is 17.6. The molecule has 4 heteroatoms. The molecule has 2 rings (SSSR count). The summed E-state index contributed by atoms with van der Waals surface area (Å²) in [6.07, 6.45) is 6.13. The molecule has 0 radical (unpaired) electrons. The van der Waals surface area contributed by atoms with Gasteiger partial charge in [-0.15, -0.1) is 0 Å². The lowest BCUT2D eigenvalue weighted by molar-refractivity contribution is 0.0912. The number of carbonyl (C=O) groups excluding carboxylic acids is 1. The molecule has 0 spiro atoms. The average Bonchev–Trinajstić information content (AvgIpc) is 2.75. The third-order valence-electron chi connectivity index (χ3n) is 2.85. The Balaban J connectivity index is 2.25. The molecule has 1 aromatic rings. The minimum atomic E-state index is 0.224. The number of aromatic nitrogens is 2. The molecular weight excluding hydrogens is 244 g/mol. The van der Waals surface area contributed by atoms with E-state index in [0.29, 0.717) is 0 Å². The molecule has 0 saturated heterocycles. The van der Waals surface area contributed by atoms with Gasteiger partial charge in [0.25, 0.3) is 0 Å². The summed E-state index contributed by atoms with van der Waals surface area (Å²) in [4.78, 5) is 12.1. The summed E-state index contributed by atoms with van der Waals surface area (Å²) in [5.74, 6) is 0.469. The van der Waals surface area contributed by atoms with Gasteiger partial charge in [0, 0.05) is 13.0 Å². The fourth-order valence-electron chi connectivity index (χ4n) is 2.07. The van der Waals surface area contributed by atoms with E-state index in [-0.39, 0.29) is 11.7 Å². The van der Waals surface area contributed by atoms with Crippen molar-refractivity contribution in [3.63, 3.8) is 0 Å². The lowest BCUT2D eigenvalue weighted by Gasteiger charge is -2.08. The van der Waals surface area contributed by atoms with Crippen molar-refractivity contribution >= 4 is 21.7 Å². The lowest BCUT2D eigenvalue weighted by Crippen LogP contribution is -2.15. The smallest absolute Gasteiger partial charge is 0.185 e. The van der Waals surface area contributed by atoms with Crippen molar-refractivity contribution in [2.24, 2.45) is 13.0 Å². The number of rotatable bonds is 2. The summed E-state index contributed by atoms with van der Waals surface area (Å²) in [6, 6.07) is 0. The third kappa shape index (κ3) is 1.63. The SMILES string of the molecule is Cn1ncc(Br)c1C(=O)C1CCCC1. The van der Waals surface area contributed by atoms with Crippen LogP contribution in [0.15, 0.2) is 10.7 Å². The second kappa shape index (κ2) is 3.85. The monoisotopic (exact) mass is 256 g/mol. The van der Waals surface area contributed by atoms with E-state index in [2.05, 4.69) is 21.0 Å². The molecule has 1 fully saturated rings. The molecule has 0 atom stereocenters. The Kier molecular flexibility index (Phi) is 2.72. The van der Waals surface area contributed by atoms with E-state index in [0.717, 1.165) is 23.0 Å². The van der Waals surface area contributed by atoms with Crippen LogP contribution in [0.25, 0.3) is 0 Å². The van der Waals surface area contributed by atoms with Gasteiger partial charge in [-0.25, -0.2) is 0 Å². The molecule has 3 nitrogen and oxygen atoms in total. The first-order valence-electron chi connectivity index (χ1n) is 4.92. The van der Waals surface area contributed by atoms with Crippen LogP contribution >= 0.6 is 15.9 Å². The summed E-state index contributed by atoms with van der Waals surface area (Å²) >= 11 is 3.36. The maximum absolute atomic E-state index is 12.1. The Bertz CT molecular complexity index is 334. The highest BCUT2D eigenvalue weighted by molar-refractivity contribution is 9.10. The summed E-state index contributed by atoms with van der Waals surface area (Å²) in [5, 5.41) is 4.06. The Morgan fingerprint density at radius 3 is 2.71 bits per heavy atom. The first kappa shape index (κ1) is 9.90. The van der Waals surface area contributed by atoms with Gasteiger partial charge in [-0.2, -0.15) is 5.10 Å². The number of hydrogen-bond acceptors (Lipinski definition) is 2. The standard InChI is InChI=1S/C10H13BrN2O/c1-13-9(8(11)6-12-13)10(14)7-4-2-3-5-7/h6-7H,2-5H2,1H3. The molecule has 1 saturated carbocycles. The van der Waals surface area contributed by atoms with Crippen molar-refractivity contribution in [1.82, 2.24) is 9.78 Å². The number of aryl methyl sites for hydroxylation is 1. The van der Waals surface area contributed by atoms with E-state index in [1.165, 1.54) is 12.8 Å². The minimum absolute atomic E-state index is 0.224. The van der Waals surface area contributed by atoms with Crippen molar-refractivity contribution in [1.29, 1.82) is 0 Å². The second-order valence-corrected chi connectivity index (χ2v) is 4.66. The van der Waals surface area contributed by atoms with E-state index in [4.69, 9.17) is 0 Å². The van der Waals surface area contributed by atoms with Crippen molar-refractivity contribution in [2.45, 2.75) is 25.7 Å². The van der Waals surface area contributed by atoms with Crippen molar-refractivity contribution in [3.05, 3.63) is 16.4 Å². The number of Topliss-reactive ketones (excluding diaryl/α,β-unsaturated/α-hetero) is 1. The van der Waals surface area contributed by atoms with Crippen molar-refractivity contribution < 1.29 is 4.79 Å². The Morgan fingerprint density at radius 2 is 2.21 bits per heavy atom. The molecule has 0 amide bonds. The quantitative estimate of drug-likeness (QED) is 0.763. The predicted octanol–water partition coefficient (Wildman–Crippen LogP) is 2.56. The zero-order valence-electron chi connectivity index (χ0n) is 8.16. The van der Waals surface area contributed by atoms with Gasteiger partial charge in [-0.3, -0.25) is 9.48 Å². The third-order valence-corrected chi connectivity index (χ3v) is 3.43. The topological polar surface area (TPSA) is 34.9 Å². The molecule has 0 aliphatic heterocycles. The molecule has 1 heterocycles. The van der Waals surface area contributed by atoms with E-state index >= 15 is 0 Å². The molecule has 76 valence electrons. The summed E-state index contributed by atoms with van der Waals surface area (Å²) in [5.41, 5.74) is 0.719. The number of nitrogens with zero attached hydrogens (tertiary/aromatic N) is 2. The first-order chi connectivity index (χ1) is 6.70. The van der Waals surface area contributed by atoms with Crippen LogP contribution in [0.1, 0.15) is 36.2 Å². The molecule has 14 heavy (non-hydrogen) atoms. The van der Waals surface area contributed by atoms with E-state index in [1.807, 2.05) is 7.05 Å². The van der Waals surface area contributed by atoms with Crippen LogP contribution in [-0.2, 0) is 7.05 Å². The zero-order valence-corrected chi connectivity index (χ0v) is 9.75. The van der Waals surface area contributed by atoms with Crippen LogP contribution < -0.4 is 0 Å². The van der Waals surface area contributed by atoms with E-state index < -0.39 is 0 Å². The van der Waals surface area contributed by atoms with Crippen molar-refractivity contribution in [3.8, 4) is 0 Å². The maximum Gasteiger partial charge on any atom is 0.185 e. The van der Waals surface area contributed by atoms with E-state index in [9.17, 15) is 4.79 Å². The Hall–Kier alpha value is -0.640. The summed E-state index contributed by atoms with van der Waals surface area (Å²) < 4.78 is 2.47. The number of carbonyl (C=O) groups is 1. The second-order valence-electron chi connectivity index (χ2n) is 3.81. The highest BCUT2D eigenvalue weighted by Gasteiger charge is 2.27. The molecule has 1 aromatic heterocycles. The summed E-state index contributed by atoms with van der Waals surface area (Å²) in [7, 11) is 1.81. The van der Waals surface area contributed by atoms with Gasteiger partial charge in [-0.05, 0) is 28.8 Å². The highest BCUT2D eigenvalue weighted by atomic mass is 79.9. The van der Waals surface area contributed by atoms with Gasteiger partial charge in [-0.1, -0.05) is 12.8 Å². The van der Waals surface area contributed by atoms with Gasteiger partial charge < -0.3 is 0 Å². The number of ketones is 1. The van der Waals surface area contributed by atoms with Gasteiger partial charge in [0.05, 0.1) is 10.7 Å².